The van der Waals surface area contributed by atoms with Gasteiger partial charge in [-0.1, -0.05) is 32.0 Å². The van der Waals surface area contributed by atoms with Gasteiger partial charge in [-0.05, 0) is 62.4 Å². The van der Waals surface area contributed by atoms with Crippen LogP contribution in [0.25, 0.3) is 22.3 Å². The van der Waals surface area contributed by atoms with Crippen molar-refractivity contribution < 1.29 is 15.0 Å². The molecule has 7 heteroatoms. The molecular weight excluding hydrogens is 416 g/mol. The Balaban J connectivity index is 1.60. The first-order chi connectivity index (χ1) is 15.8. The Morgan fingerprint density at radius 2 is 1.82 bits per heavy atom. The van der Waals surface area contributed by atoms with Crippen LogP contribution < -0.4 is 10.2 Å². The number of hydrogen-bond acceptors (Lipinski definition) is 6. The molecule has 174 valence electrons. The number of phenolic OH excluding ortho intramolecular Hbond substituents is 1. The van der Waals surface area contributed by atoms with Gasteiger partial charge < -0.3 is 20.4 Å². The molecule has 1 aliphatic heterocycles. The minimum absolute atomic E-state index is 0.0198. The maximum Gasteiger partial charge on any atom is 0.252 e. The van der Waals surface area contributed by atoms with Crippen LogP contribution in [0.5, 0.6) is 5.75 Å². The number of aliphatic hydroxyl groups is 1. The zero-order valence-corrected chi connectivity index (χ0v) is 19.5. The molecule has 3 N–H and O–H groups in total. The molecule has 0 unspecified atom stereocenters. The second-order valence-corrected chi connectivity index (χ2v) is 8.88. The molecule has 0 atom stereocenters. The summed E-state index contributed by atoms with van der Waals surface area (Å²) in [5.74, 6) is 1.20. The number of carbonyl (C=O) groups is 1. The highest BCUT2D eigenvalue weighted by atomic mass is 16.3. The molecule has 0 aliphatic carbocycles. The summed E-state index contributed by atoms with van der Waals surface area (Å²) >= 11 is 0. The van der Waals surface area contributed by atoms with Gasteiger partial charge in [0, 0.05) is 24.5 Å². The maximum absolute atomic E-state index is 12.6. The lowest BCUT2D eigenvalue weighted by Crippen LogP contribution is -2.52. The van der Waals surface area contributed by atoms with Crippen molar-refractivity contribution in [1.82, 2.24) is 15.3 Å². The Hall–Kier alpha value is -3.19. The number of aromatic nitrogens is 2. The molecule has 33 heavy (non-hydrogen) atoms. The molecule has 1 amide bonds. The first-order valence-corrected chi connectivity index (χ1v) is 11.7. The van der Waals surface area contributed by atoms with Crippen molar-refractivity contribution >= 4 is 22.6 Å². The minimum Gasteiger partial charge on any atom is -0.507 e. The van der Waals surface area contributed by atoms with Gasteiger partial charge in [0.15, 0.2) is 5.82 Å². The molecule has 7 nitrogen and oxygen atoms in total. The van der Waals surface area contributed by atoms with Crippen LogP contribution in [0, 0.1) is 6.92 Å². The Bertz CT molecular complexity index is 1150. The van der Waals surface area contributed by atoms with E-state index in [4.69, 9.17) is 9.97 Å². The first-order valence-electron chi connectivity index (χ1n) is 11.7. The van der Waals surface area contributed by atoms with E-state index in [-0.39, 0.29) is 17.7 Å². The van der Waals surface area contributed by atoms with E-state index in [0.717, 1.165) is 48.2 Å². The van der Waals surface area contributed by atoms with Gasteiger partial charge in [-0.15, -0.1) is 0 Å². The van der Waals surface area contributed by atoms with Crippen LogP contribution in [0.2, 0.25) is 0 Å². The van der Waals surface area contributed by atoms with Crippen molar-refractivity contribution in [2.24, 2.45) is 0 Å². The number of benzene rings is 2. The van der Waals surface area contributed by atoms with Gasteiger partial charge >= 0.3 is 0 Å². The van der Waals surface area contributed by atoms with Gasteiger partial charge in [0.1, 0.15) is 17.2 Å². The van der Waals surface area contributed by atoms with Crippen molar-refractivity contribution in [1.29, 1.82) is 0 Å². The summed E-state index contributed by atoms with van der Waals surface area (Å²) < 4.78 is 0. The number of aromatic hydroxyl groups is 1. The average Bonchev–Trinajstić information content (AvgIpc) is 2.83. The van der Waals surface area contributed by atoms with Crippen molar-refractivity contribution in [2.75, 3.05) is 18.0 Å². The molecule has 4 rings (SSSR count). The van der Waals surface area contributed by atoms with E-state index in [2.05, 4.69) is 16.3 Å². The number of hydrogen-bond donors (Lipinski definition) is 3. The first kappa shape index (κ1) is 23.0. The Labute approximate surface area is 194 Å². The molecule has 0 saturated carbocycles. The fraction of sp³-hybridized carbons (Fsp3) is 0.423. The number of fused-ring (bicyclic) bond motifs is 1. The highest BCUT2D eigenvalue weighted by molar-refractivity contribution is 5.92. The summed E-state index contributed by atoms with van der Waals surface area (Å²) in [7, 11) is 0. The highest BCUT2D eigenvalue weighted by Gasteiger charge is 2.34. The van der Waals surface area contributed by atoms with Gasteiger partial charge in [0.25, 0.3) is 5.91 Å². The standard InChI is InChI=1S/C26H32N4O3/c1-4-26(33,5-2)25(32)27-18-12-14-30(15-13-18)24-19-11-10-17(3)16-21(19)28-23(29-24)20-8-6-7-9-22(20)31/h6-11,16,18,31,33H,4-5,12-15H2,1-3H3,(H,27,32). The lowest BCUT2D eigenvalue weighted by molar-refractivity contribution is -0.141. The summed E-state index contributed by atoms with van der Waals surface area (Å²) in [6, 6.07) is 13.3. The van der Waals surface area contributed by atoms with Crippen LogP contribution in [0.1, 0.15) is 45.1 Å². The molecule has 2 heterocycles. The van der Waals surface area contributed by atoms with Crippen molar-refractivity contribution in [2.45, 2.75) is 58.1 Å². The second kappa shape index (κ2) is 9.35. The molecule has 3 aromatic rings. The Morgan fingerprint density at radius 1 is 1.12 bits per heavy atom. The van der Waals surface area contributed by atoms with E-state index in [0.29, 0.717) is 24.2 Å². The van der Waals surface area contributed by atoms with Crippen LogP contribution in [0.15, 0.2) is 42.5 Å². The third kappa shape index (κ3) is 4.64. The average molecular weight is 449 g/mol. The number of carbonyl (C=O) groups excluding carboxylic acids is 1. The number of nitrogens with one attached hydrogen (secondary N) is 1. The number of amides is 1. The zero-order valence-electron chi connectivity index (χ0n) is 19.5. The summed E-state index contributed by atoms with van der Waals surface area (Å²) in [6.07, 6.45) is 2.32. The molecule has 0 bridgehead atoms. The van der Waals surface area contributed by atoms with E-state index in [1.165, 1.54) is 0 Å². The molecule has 1 aromatic heterocycles. The monoisotopic (exact) mass is 448 g/mol. The summed E-state index contributed by atoms with van der Waals surface area (Å²) in [4.78, 5) is 24.4. The zero-order chi connectivity index (χ0) is 23.6. The molecular formula is C26H32N4O3. The van der Waals surface area contributed by atoms with Crippen LogP contribution >= 0.6 is 0 Å². The van der Waals surface area contributed by atoms with Crippen LogP contribution in [0.3, 0.4) is 0 Å². The van der Waals surface area contributed by atoms with Gasteiger partial charge in [-0.25, -0.2) is 9.97 Å². The van der Waals surface area contributed by atoms with E-state index < -0.39 is 5.60 Å². The van der Waals surface area contributed by atoms with Crippen LogP contribution in [0.4, 0.5) is 5.82 Å². The third-order valence-corrected chi connectivity index (χ3v) is 6.70. The SMILES string of the molecule is CCC(O)(CC)C(=O)NC1CCN(c2nc(-c3ccccc3O)nc3cc(C)ccc23)CC1. The van der Waals surface area contributed by atoms with Crippen molar-refractivity contribution in [3.63, 3.8) is 0 Å². The highest BCUT2D eigenvalue weighted by Crippen LogP contribution is 2.33. The fourth-order valence-electron chi connectivity index (χ4n) is 4.37. The molecule has 0 radical (unpaired) electrons. The number of piperidine rings is 1. The normalized spacial score (nSPS) is 15.1. The van der Waals surface area contributed by atoms with Gasteiger partial charge in [-0.3, -0.25) is 4.79 Å². The van der Waals surface area contributed by atoms with E-state index in [1.54, 1.807) is 12.1 Å². The number of para-hydroxylation sites is 1. The Morgan fingerprint density at radius 3 is 2.48 bits per heavy atom. The molecule has 1 fully saturated rings. The van der Waals surface area contributed by atoms with Crippen molar-refractivity contribution in [3.05, 3.63) is 48.0 Å². The van der Waals surface area contributed by atoms with Gasteiger partial charge in [0.2, 0.25) is 0 Å². The van der Waals surface area contributed by atoms with Gasteiger partial charge in [0.05, 0.1) is 11.1 Å². The minimum atomic E-state index is -1.30. The predicted octanol–water partition coefficient (Wildman–Crippen LogP) is 3.95. The number of aryl methyl sites for hydroxylation is 1. The van der Waals surface area contributed by atoms with Gasteiger partial charge in [-0.2, -0.15) is 0 Å². The maximum atomic E-state index is 12.6. The number of phenols is 1. The molecule has 0 spiro atoms. The van der Waals surface area contributed by atoms with E-state index >= 15 is 0 Å². The third-order valence-electron chi connectivity index (χ3n) is 6.70. The smallest absolute Gasteiger partial charge is 0.252 e. The predicted molar refractivity (Wildman–Crippen MR) is 130 cm³/mol. The molecule has 1 aliphatic rings. The van der Waals surface area contributed by atoms with Crippen LogP contribution in [-0.4, -0.2) is 50.8 Å². The molecule has 1 saturated heterocycles. The summed E-state index contributed by atoms with van der Waals surface area (Å²) in [6.45, 7) is 7.14. The number of nitrogens with zero attached hydrogens (tertiary/aromatic N) is 3. The Kier molecular flexibility index (Phi) is 6.51. The fourth-order valence-corrected chi connectivity index (χ4v) is 4.37. The lowest BCUT2D eigenvalue weighted by Gasteiger charge is -2.35. The summed E-state index contributed by atoms with van der Waals surface area (Å²) in [5, 5.41) is 24.9. The second-order valence-electron chi connectivity index (χ2n) is 8.88. The largest absolute Gasteiger partial charge is 0.507 e. The van der Waals surface area contributed by atoms with Crippen LogP contribution in [-0.2, 0) is 4.79 Å². The molecule has 2 aromatic carbocycles. The van der Waals surface area contributed by atoms with E-state index in [9.17, 15) is 15.0 Å². The van der Waals surface area contributed by atoms with Crippen molar-refractivity contribution in [3.8, 4) is 17.1 Å². The number of anilines is 1. The number of rotatable bonds is 6. The van der Waals surface area contributed by atoms with E-state index in [1.807, 2.05) is 45.0 Å². The topological polar surface area (TPSA) is 98.6 Å². The summed E-state index contributed by atoms with van der Waals surface area (Å²) in [5.41, 5.74) is 1.24. The quantitative estimate of drug-likeness (QED) is 0.528. The lowest BCUT2D eigenvalue weighted by atomic mass is 9.95.